The fraction of sp³-hybridized carbons (Fsp3) is 0.914. The van der Waals surface area contributed by atoms with Crippen molar-refractivity contribution in [3.05, 3.63) is 11.6 Å². The molecule has 0 amide bonds. The van der Waals surface area contributed by atoms with E-state index in [2.05, 4.69) is 26.8 Å². The lowest BCUT2D eigenvalue weighted by atomic mass is 9.91. The second kappa shape index (κ2) is 25.2. The topological polar surface area (TPSA) is 46.5 Å². The Labute approximate surface area is 239 Å². The van der Waals surface area contributed by atoms with Gasteiger partial charge >= 0.3 is 5.97 Å². The normalized spacial score (nSPS) is 13.3. The minimum Gasteiger partial charge on any atom is -0.460 e. The Bertz CT molecular complexity index is 556. The quantitative estimate of drug-likeness (QED) is 0.0679. The zero-order valence-corrected chi connectivity index (χ0v) is 26.8. The molecule has 0 aliphatic heterocycles. The maximum atomic E-state index is 12.8. The minimum absolute atomic E-state index is 0.221. The number of carbonyl (C=O) groups is 1. The van der Waals surface area contributed by atoms with E-state index in [1.54, 1.807) is 0 Å². The molecule has 0 aliphatic carbocycles. The van der Waals surface area contributed by atoms with E-state index in [4.69, 9.17) is 4.74 Å². The maximum Gasteiger partial charge on any atom is 0.312 e. The second-order valence-electron chi connectivity index (χ2n) is 13.1. The Kier molecular flexibility index (Phi) is 24.6. The van der Waals surface area contributed by atoms with Crippen LogP contribution in [0.2, 0.25) is 0 Å². The molecule has 0 saturated heterocycles. The number of unbranched alkanes of at least 4 members (excludes halogenated alkanes) is 19. The molecule has 226 valence electrons. The van der Waals surface area contributed by atoms with Gasteiger partial charge in [-0.2, -0.15) is 0 Å². The van der Waals surface area contributed by atoms with Crippen molar-refractivity contribution in [3.8, 4) is 0 Å². The summed E-state index contributed by atoms with van der Waals surface area (Å²) >= 11 is 0. The first kappa shape index (κ1) is 37.2. The van der Waals surface area contributed by atoms with Crippen LogP contribution in [0.3, 0.4) is 0 Å². The molecule has 0 saturated carbocycles. The molecule has 38 heavy (non-hydrogen) atoms. The fourth-order valence-corrected chi connectivity index (χ4v) is 5.20. The lowest BCUT2D eigenvalue weighted by molar-refractivity contribution is -0.164. The van der Waals surface area contributed by atoms with Crippen LogP contribution in [-0.4, -0.2) is 22.8 Å². The summed E-state index contributed by atoms with van der Waals surface area (Å²) in [5, 5.41) is 10.8. The number of rotatable bonds is 26. The summed E-state index contributed by atoms with van der Waals surface area (Å²) in [7, 11) is 0. The molecular weight excluding hydrogens is 468 g/mol. The number of hydrogen-bond acceptors (Lipinski definition) is 3. The van der Waals surface area contributed by atoms with E-state index in [0.717, 1.165) is 38.5 Å². The molecule has 3 nitrogen and oxygen atoms in total. The molecule has 3 heteroatoms. The van der Waals surface area contributed by atoms with Gasteiger partial charge in [-0.3, -0.25) is 4.79 Å². The largest absolute Gasteiger partial charge is 0.460 e. The van der Waals surface area contributed by atoms with Gasteiger partial charge in [0.25, 0.3) is 0 Å². The van der Waals surface area contributed by atoms with Crippen molar-refractivity contribution in [1.82, 2.24) is 0 Å². The Balaban J connectivity index is 3.90. The van der Waals surface area contributed by atoms with E-state index in [1.165, 1.54) is 108 Å². The molecule has 0 bridgehead atoms. The number of allylic oxidation sites excluding steroid dienone is 2. The number of aliphatic hydroxyl groups is 1. The van der Waals surface area contributed by atoms with Gasteiger partial charge in [0, 0.05) is 0 Å². The van der Waals surface area contributed by atoms with Crippen LogP contribution in [0.5, 0.6) is 0 Å². The van der Waals surface area contributed by atoms with Crippen LogP contribution in [-0.2, 0) is 9.53 Å². The third kappa shape index (κ3) is 25.4. The van der Waals surface area contributed by atoms with Crippen molar-refractivity contribution in [2.45, 2.75) is 201 Å². The molecule has 2 atom stereocenters. The molecule has 0 unspecified atom stereocenters. The van der Waals surface area contributed by atoms with Crippen LogP contribution in [0.1, 0.15) is 189 Å². The third-order valence-corrected chi connectivity index (χ3v) is 7.55. The highest BCUT2D eigenvalue weighted by molar-refractivity contribution is 5.73. The molecule has 0 aromatic heterocycles. The van der Waals surface area contributed by atoms with E-state index in [-0.39, 0.29) is 5.97 Å². The van der Waals surface area contributed by atoms with E-state index in [9.17, 15) is 9.90 Å². The number of hydrogen-bond donors (Lipinski definition) is 1. The molecule has 1 N–H and O–H groups in total. The van der Waals surface area contributed by atoms with E-state index in [1.807, 2.05) is 20.8 Å². The highest BCUT2D eigenvalue weighted by Gasteiger charge is 2.30. The van der Waals surface area contributed by atoms with Gasteiger partial charge in [0.2, 0.25) is 0 Å². The summed E-state index contributed by atoms with van der Waals surface area (Å²) < 4.78 is 5.66. The summed E-state index contributed by atoms with van der Waals surface area (Å²) in [6.45, 7) is 12.2. The van der Waals surface area contributed by atoms with Crippen LogP contribution >= 0.6 is 0 Å². The van der Waals surface area contributed by atoms with Crippen molar-refractivity contribution in [3.63, 3.8) is 0 Å². The molecule has 0 rings (SSSR count). The van der Waals surface area contributed by atoms with Gasteiger partial charge in [-0.05, 0) is 60.3 Å². The van der Waals surface area contributed by atoms with Crippen LogP contribution in [0.25, 0.3) is 0 Å². The number of carbonyl (C=O) groups excluding carboxylic acids is 1. The predicted molar refractivity (Wildman–Crippen MR) is 167 cm³/mol. The maximum absolute atomic E-state index is 12.8. The Morgan fingerprint density at radius 3 is 1.45 bits per heavy atom. The first-order chi connectivity index (χ1) is 18.2. The van der Waals surface area contributed by atoms with E-state index >= 15 is 0 Å². The zero-order valence-electron chi connectivity index (χ0n) is 26.8. The van der Waals surface area contributed by atoms with E-state index < -0.39 is 17.6 Å². The third-order valence-electron chi connectivity index (χ3n) is 7.55. The van der Waals surface area contributed by atoms with Gasteiger partial charge in [-0.25, -0.2) is 0 Å². The van der Waals surface area contributed by atoms with Crippen molar-refractivity contribution in [2.24, 2.45) is 5.92 Å². The van der Waals surface area contributed by atoms with Crippen molar-refractivity contribution < 1.29 is 14.6 Å². The SMILES string of the molecule is CCCCCCCCCCCCCCCCCCCC[C@H](C(=O)OC(C)(C)C)[C@@H](O)CCCCC=C(C)C. The van der Waals surface area contributed by atoms with Crippen LogP contribution in [0.4, 0.5) is 0 Å². The Hall–Kier alpha value is -0.830. The van der Waals surface area contributed by atoms with Crippen LogP contribution in [0, 0.1) is 5.92 Å². The average Bonchev–Trinajstić information content (AvgIpc) is 2.83. The van der Waals surface area contributed by atoms with Crippen LogP contribution in [0.15, 0.2) is 11.6 Å². The molecule has 0 aliphatic rings. The summed E-state index contributed by atoms with van der Waals surface area (Å²) in [6, 6.07) is 0. The minimum atomic E-state index is -0.595. The summed E-state index contributed by atoms with van der Waals surface area (Å²) in [5.41, 5.74) is 0.832. The molecule has 0 spiro atoms. The van der Waals surface area contributed by atoms with Crippen molar-refractivity contribution in [1.29, 1.82) is 0 Å². The van der Waals surface area contributed by atoms with Gasteiger partial charge in [0.1, 0.15) is 5.60 Å². The van der Waals surface area contributed by atoms with Crippen LogP contribution < -0.4 is 0 Å². The summed E-state index contributed by atoms with van der Waals surface area (Å²) in [5.74, 6) is -0.611. The highest BCUT2D eigenvalue weighted by atomic mass is 16.6. The molecule has 0 aromatic rings. The molecule has 0 radical (unpaired) electrons. The van der Waals surface area contributed by atoms with Gasteiger partial charge in [-0.15, -0.1) is 0 Å². The molecule has 0 heterocycles. The monoisotopic (exact) mass is 537 g/mol. The highest BCUT2D eigenvalue weighted by Crippen LogP contribution is 2.24. The summed E-state index contributed by atoms with van der Waals surface area (Å²) in [4.78, 5) is 12.8. The van der Waals surface area contributed by atoms with Gasteiger partial charge in [0.15, 0.2) is 0 Å². The Morgan fingerprint density at radius 2 is 1.05 bits per heavy atom. The smallest absolute Gasteiger partial charge is 0.312 e. The van der Waals surface area contributed by atoms with Gasteiger partial charge < -0.3 is 9.84 Å². The molecular formula is C35H68O3. The molecule has 0 fully saturated rings. The second-order valence-corrected chi connectivity index (χ2v) is 13.1. The number of aliphatic hydroxyl groups excluding tert-OH is 1. The Morgan fingerprint density at radius 1 is 0.658 bits per heavy atom. The zero-order chi connectivity index (χ0) is 28.5. The van der Waals surface area contributed by atoms with Gasteiger partial charge in [-0.1, -0.05) is 141 Å². The average molecular weight is 537 g/mol. The lowest BCUT2D eigenvalue weighted by Crippen LogP contribution is -2.35. The summed E-state index contributed by atoms with van der Waals surface area (Å²) in [6.07, 6.45) is 30.5. The first-order valence-electron chi connectivity index (χ1n) is 16.7. The predicted octanol–water partition coefficient (Wildman–Crippen LogP) is 11.3. The standard InChI is InChI=1S/C35H68O3/c1-7-8-9-10-11-12-13-14-15-16-17-18-19-20-21-22-23-26-29-32(34(37)38-35(4,5)6)33(36)30-27-24-25-28-31(2)3/h28,32-33,36H,7-27,29-30H2,1-6H3/t32-,33-/m0/s1. The first-order valence-corrected chi connectivity index (χ1v) is 16.7. The number of esters is 1. The molecule has 0 aromatic carbocycles. The fourth-order valence-electron chi connectivity index (χ4n) is 5.20. The van der Waals surface area contributed by atoms with Crippen molar-refractivity contribution in [2.75, 3.05) is 0 Å². The number of ether oxygens (including phenoxy) is 1. The van der Waals surface area contributed by atoms with Gasteiger partial charge in [0.05, 0.1) is 12.0 Å². The van der Waals surface area contributed by atoms with Crippen molar-refractivity contribution >= 4 is 5.97 Å². The van der Waals surface area contributed by atoms with E-state index in [0.29, 0.717) is 6.42 Å². The lowest BCUT2D eigenvalue weighted by Gasteiger charge is -2.27.